The third kappa shape index (κ3) is 3.00. The quantitative estimate of drug-likeness (QED) is 0.855. The first-order valence-electron chi connectivity index (χ1n) is 5.96. The highest BCUT2D eigenvalue weighted by molar-refractivity contribution is 5.49. The van der Waals surface area contributed by atoms with Gasteiger partial charge in [-0.2, -0.15) is 0 Å². The molecule has 0 aromatic heterocycles. The second-order valence-electron chi connectivity index (χ2n) is 4.27. The van der Waals surface area contributed by atoms with Crippen molar-refractivity contribution in [2.45, 2.75) is 13.5 Å². The molecule has 18 heavy (non-hydrogen) atoms. The maximum atomic E-state index is 13.1. The lowest BCUT2D eigenvalue weighted by Crippen LogP contribution is -2.00. The average molecular weight is 244 g/mol. The summed E-state index contributed by atoms with van der Waals surface area (Å²) >= 11 is 0. The minimum Gasteiger partial charge on any atom is -0.388 e. The second-order valence-corrected chi connectivity index (χ2v) is 4.27. The molecule has 2 aromatic carbocycles. The summed E-state index contributed by atoms with van der Waals surface area (Å²) in [6, 6.07) is 13.2. The van der Waals surface area contributed by atoms with Crippen LogP contribution in [-0.4, -0.2) is 7.05 Å². The molecule has 2 aromatic rings. The molecule has 2 rings (SSSR count). The molecule has 0 aliphatic carbocycles. The number of anilines is 2. The summed E-state index contributed by atoms with van der Waals surface area (Å²) < 4.78 is 13.1. The molecule has 0 bridgehead atoms. The number of rotatable bonds is 4. The van der Waals surface area contributed by atoms with Gasteiger partial charge in [-0.1, -0.05) is 12.1 Å². The Balaban J connectivity index is 2.04. The van der Waals surface area contributed by atoms with Gasteiger partial charge in [-0.25, -0.2) is 4.39 Å². The Morgan fingerprint density at radius 1 is 1.06 bits per heavy atom. The number of benzene rings is 2. The molecule has 0 saturated heterocycles. The van der Waals surface area contributed by atoms with Crippen molar-refractivity contribution < 1.29 is 4.39 Å². The summed E-state index contributed by atoms with van der Waals surface area (Å²) in [6.45, 7) is 2.49. The lowest BCUT2D eigenvalue weighted by Gasteiger charge is -2.09. The molecule has 0 aliphatic heterocycles. The summed E-state index contributed by atoms with van der Waals surface area (Å²) in [5, 5.41) is 6.39. The first-order valence-corrected chi connectivity index (χ1v) is 5.96. The molecule has 0 fully saturated rings. The number of hydrogen-bond acceptors (Lipinski definition) is 2. The molecule has 0 atom stereocenters. The lowest BCUT2D eigenvalue weighted by molar-refractivity contribution is 0.618. The first-order chi connectivity index (χ1) is 8.69. The van der Waals surface area contributed by atoms with Crippen LogP contribution in [0.2, 0.25) is 0 Å². The van der Waals surface area contributed by atoms with Gasteiger partial charge in [0.15, 0.2) is 0 Å². The van der Waals surface area contributed by atoms with Gasteiger partial charge in [0.2, 0.25) is 0 Å². The first kappa shape index (κ1) is 12.4. The van der Waals surface area contributed by atoms with Crippen LogP contribution >= 0.6 is 0 Å². The van der Waals surface area contributed by atoms with E-state index in [-0.39, 0.29) is 5.82 Å². The van der Waals surface area contributed by atoms with E-state index >= 15 is 0 Å². The third-order valence-corrected chi connectivity index (χ3v) is 2.87. The maximum Gasteiger partial charge on any atom is 0.126 e. The highest BCUT2D eigenvalue weighted by Gasteiger charge is 1.99. The molecule has 2 nitrogen and oxygen atoms in total. The Kier molecular flexibility index (Phi) is 3.82. The van der Waals surface area contributed by atoms with Crippen LogP contribution in [0.4, 0.5) is 15.8 Å². The van der Waals surface area contributed by atoms with Gasteiger partial charge in [-0.05, 0) is 48.4 Å². The van der Waals surface area contributed by atoms with Crippen molar-refractivity contribution in [3.63, 3.8) is 0 Å². The average Bonchev–Trinajstić information content (AvgIpc) is 2.40. The zero-order valence-electron chi connectivity index (χ0n) is 10.6. The number of hydrogen-bond donors (Lipinski definition) is 2. The molecule has 94 valence electrons. The number of aryl methyl sites for hydroxylation is 1. The van der Waals surface area contributed by atoms with Crippen LogP contribution < -0.4 is 10.6 Å². The largest absolute Gasteiger partial charge is 0.388 e. The summed E-state index contributed by atoms with van der Waals surface area (Å²) in [7, 11) is 1.90. The molecule has 0 spiro atoms. The predicted molar refractivity (Wildman–Crippen MR) is 74.5 cm³/mol. The van der Waals surface area contributed by atoms with Crippen LogP contribution in [0.15, 0.2) is 42.5 Å². The van der Waals surface area contributed by atoms with E-state index in [4.69, 9.17) is 0 Å². The molecule has 0 heterocycles. The van der Waals surface area contributed by atoms with Gasteiger partial charge in [0, 0.05) is 25.0 Å². The minimum absolute atomic E-state index is 0.169. The third-order valence-electron chi connectivity index (χ3n) is 2.87. The summed E-state index contributed by atoms with van der Waals surface area (Å²) in [5.41, 5.74) is 3.86. The Hall–Kier alpha value is -2.03. The van der Waals surface area contributed by atoms with E-state index in [1.165, 1.54) is 11.6 Å². The maximum absolute atomic E-state index is 13.1. The monoisotopic (exact) mass is 244 g/mol. The molecule has 0 radical (unpaired) electrons. The van der Waals surface area contributed by atoms with Crippen LogP contribution in [0.5, 0.6) is 0 Å². The lowest BCUT2D eigenvalue weighted by atomic mass is 10.1. The van der Waals surface area contributed by atoms with Crippen LogP contribution in [0.3, 0.4) is 0 Å². The van der Waals surface area contributed by atoms with E-state index in [2.05, 4.69) is 22.8 Å². The van der Waals surface area contributed by atoms with Gasteiger partial charge < -0.3 is 10.6 Å². The summed E-state index contributed by atoms with van der Waals surface area (Å²) in [4.78, 5) is 0. The summed E-state index contributed by atoms with van der Waals surface area (Å²) in [5.74, 6) is -0.169. The molecule has 2 N–H and O–H groups in total. The zero-order valence-corrected chi connectivity index (χ0v) is 10.6. The number of halogens is 1. The Bertz CT molecular complexity index is 538. The summed E-state index contributed by atoms with van der Waals surface area (Å²) in [6.07, 6.45) is 0. The highest BCUT2D eigenvalue weighted by atomic mass is 19.1. The molecule has 3 heteroatoms. The van der Waals surface area contributed by atoms with Gasteiger partial charge in [0.05, 0.1) is 0 Å². The SMILES string of the molecule is CNc1cccc(CNc2ccc(F)c(C)c2)c1. The fourth-order valence-electron chi connectivity index (χ4n) is 1.80. The van der Waals surface area contributed by atoms with Crippen LogP contribution in [0.25, 0.3) is 0 Å². The standard InChI is InChI=1S/C15H17FN2/c1-11-8-14(6-7-15(11)16)18-10-12-4-3-5-13(9-12)17-2/h3-9,17-18H,10H2,1-2H3. The topological polar surface area (TPSA) is 24.1 Å². The van der Waals surface area contributed by atoms with E-state index in [0.717, 1.165) is 17.9 Å². The van der Waals surface area contributed by atoms with E-state index in [1.807, 2.05) is 25.2 Å². The fraction of sp³-hybridized carbons (Fsp3) is 0.200. The van der Waals surface area contributed by atoms with Gasteiger partial charge >= 0.3 is 0 Å². The van der Waals surface area contributed by atoms with Crippen molar-refractivity contribution in [1.29, 1.82) is 0 Å². The smallest absolute Gasteiger partial charge is 0.126 e. The van der Waals surface area contributed by atoms with Crippen molar-refractivity contribution in [3.8, 4) is 0 Å². The van der Waals surface area contributed by atoms with E-state index in [0.29, 0.717) is 5.56 Å². The number of nitrogens with one attached hydrogen (secondary N) is 2. The molecule has 0 unspecified atom stereocenters. The second kappa shape index (κ2) is 5.54. The minimum atomic E-state index is -0.169. The van der Waals surface area contributed by atoms with Gasteiger partial charge in [-0.15, -0.1) is 0 Å². The Labute approximate surface area is 107 Å². The van der Waals surface area contributed by atoms with Gasteiger partial charge in [-0.3, -0.25) is 0 Å². The van der Waals surface area contributed by atoms with Gasteiger partial charge in [0.25, 0.3) is 0 Å². The molecular weight excluding hydrogens is 227 g/mol. The van der Waals surface area contributed by atoms with Crippen molar-refractivity contribution in [3.05, 3.63) is 59.4 Å². The Morgan fingerprint density at radius 2 is 1.89 bits per heavy atom. The predicted octanol–water partition coefficient (Wildman–Crippen LogP) is 3.79. The van der Waals surface area contributed by atoms with Gasteiger partial charge in [0.1, 0.15) is 5.82 Å². The van der Waals surface area contributed by atoms with Crippen LogP contribution in [0.1, 0.15) is 11.1 Å². The van der Waals surface area contributed by atoms with E-state index in [1.54, 1.807) is 13.0 Å². The van der Waals surface area contributed by atoms with Crippen LogP contribution in [0, 0.1) is 12.7 Å². The van der Waals surface area contributed by atoms with Crippen molar-refractivity contribution in [2.75, 3.05) is 17.7 Å². The van der Waals surface area contributed by atoms with Crippen molar-refractivity contribution >= 4 is 11.4 Å². The molecule has 0 aliphatic rings. The molecular formula is C15H17FN2. The molecule has 0 saturated carbocycles. The van der Waals surface area contributed by atoms with Crippen molar-refractivity contribution in [2.24, 2.45) is 0 Å². The molecule has 0 amide bonds. The Morgan fingerprint density at radius 3 is 2.61 bits per heavy atom. The van der Waals surface area contributed by atoms with E-state index in [9.17, 15) is 4.39 Å². The fourth-order valence-corrected chi connectivity index (χ4v) is 1.80. The van der Waals surface area contributed by atoms with Crippen molar-refractivity contribution in [1.82, 2.24) is 0 Å². The van der Waals surface area contributed by atoms with E-state index < -0.39 is 0 Å². The highest BCUT2D eigenvalue weighted by Crippen LogP contribution is 2.16. The van der Waals surface area contributed by atoms with Crippen LogP contribution in [-0.2, 0) is 6.54 Å². The normalized spacial score (nSPS) is 10.2. The zero-order chi connectivity index (χ0) is 13.0.